The molecule has 0 aromatic rings. The summed E-state index contributed by atoms with van der Waals surface area (Å²) in [7, 11) is -3.65. The maximum Gasteiger partial charge on any atom is 0.245 e. The number of sulfone groups is 1. The van der Waals surface area contributed by atoms with Crippen molar-refractivity contribution in [3.05, 3.63) is 0 Å². The van der Waals surface area contributed by atoms with Crippen molar-refractivity contribution in [3.63, 3.8) is 0 Å². The van der Waals surface area contributed by atoms with Crippen molar-refractivity contribution in [1.82, 2.24) is 15.5 Å². The third kappa shape index (κ3) is 3.78. The lowest BCUT2D eigenvalue weighted by Crippen LogP contribution is -2.62. The highest BCUT2D eigenvalue weighted by Crippen LogP contribution is 2.45. The zero-order valence-corrected chi connectivity index (χ0v) is 18.5. The van der Waals surface area contributed by atoms with Gasteiger partial charge in [0, 0.05) is 6.04 Å². The predicted molar refractivity (Wildman–Crippen MR) is 108 cm³/mol. The van der Waals surface area contributed by atoms with Gasteiger partial charge in [-0.25, -0.2) is 8.42 Å². The summed E-state index contributed by atoms with van der Waals surface area (Å²) in [4.78, 5) is 39.2. The molecule has 3 unspecified atom stereocenters. The van der Waals surface area contributed by atoms with Crippen LogP contribution in [-0.4, -0.2) is 59.3 Å². The molecule has 29 heavy (non-hydrogen) atoms. The second-order valence-corrected chi connectivity index (χ2v) is 12.1. The molecule has 9 heteroatoms. The van der Waals surface area contributed by atoms with Crippen LogP contribution in [0.15, 0.2) is 0 Å². The fourth-order valence-electron chi connectivity index (χ4n) is 4.74. The van der Waals surface area contributed by atoms with Crippen LogP contribution in [0.3, 0.4) is 0 Å². The van der Waals surface area contributed by atoms with Gasteiger partial charge in [-0.05, 0) is 32.6 Å². The normalized spacial score (nSPS) is 29.6. The van der Waals surface area contributed by atoms with Crippen molar-refractivity contribution in [1.29, 1.82) is 0 Å². The van der Waals surface area contributed by atoms with Crippen LogP contribution in [0, 0.1) is 5.92 Å². The van der Waals surface area contributed by atoms with Gasteiger partial charge >= 0.3 is 0 Å². The lowest BCUT2D eigenvalue weighted by Gasteiger charge is -2.37. The number of rotatable bonds is 5. The molecule has 0 aromatic carbocycles. The second-order valence-electron chi connectivity index (χ2n) is 9.44. The van der Waals surface area contributed by atoms with Gasteiger partial charge in [0.2, 0.25) is 17.7 Å². The van der Waals surface area contributed by atoms with Gasteiger partial charge in [0.15, 0.2) is 9.84 Å². The molecule has 0 bridgehead atoms. The Labute approximate surface area is 173 Å². The predicted octanol–water partition coefficient (Wildman–Crippen LogP) is 1.10. The number of β-lactam (4-membered cyclic amide) rings is 1. The number of nitrogens with one attached hydrogen (secondary N) is 2. The van der Waals surface area contributed by atoms with Crippen molar-refractivity contribution in [2.24, 2.45) is 5.92 Å². The Bertz CT molecular complexity index is 784. The summed E-state index contributed by atoms with van der Waals surface area (Å²) in [6.07, 6.45) is 6.29. The van der Waals surface area contributed by atoms with Gasteiger partial charge in [-0.1, -0.05) is 39.5 Å². The molecule has 1 saturated carbocycles. The second kappa shape index (κ2) is 7.89. The molecule has 164 valence electrons. The van der Waals surface area contributed by atoms with Crippen LogP contribution in [0.4, 0.5) is 0 Å². The summed E-state index contributed by atoms with van der Waals surface area (Å²) in [5.74, 6) is -1.34. The number of hydrogen-bond donors (Lipinski definition) is 2. The van der Waals surface area contributed by atoms with E-state index in [0.717, 1.165) is 25.7 Å². The van der Waals surface area contributed by atoms with Crippen LogP contribution in [0.2, 0.25) is 0 Å². The van der Waals surface area contributed by atoms with E-state index in [2.05, 4.69) is 10.6 Å². The van der Waals surface area contributed by atoms with Gasteiger partial charge in [0.1, 0.15) is 17.5 Å². The van der Waals surface area contributed by atoms with Crippen LogP contribution in [-0.2, 0) is 24.2 Å². The third-order valence-corrected chi connectivity index (χ3v) is 9.47. The summed E-state index contributed by atoms with van der Waals surface area (Å²) in [6, 6.07) is -1.79. The summed E-state index contributed by atoms with van der Waals surface area (Å²) in [5.41, 5.74) is 0. The third-order valence-electron chi connectivity index (χ3n) is 6.67. The molecule has 0 aromatic heterocycles. The van der Waals surface area contributed by atoms with Crippen molar-refractivity contribution in [2.45, 2.75) is 101 Å². The molecule has 8 nitrogen and oxygen atoms in total. The number of hydrogen-bond acceptors (Lipinski definition) is 5. The van der Waals surface area contributed by atoms with Gasteiger partial charge in [-0.15, -0.1) is 0 Å². The average molecular weight is 428 g/mol. The molecule has 1 aliphatic carbocycles. The molecule has 0 spiro atoms. The highest BCUT2D eigenvalue weighted by molar-refractivity contribution is 7.93. The van der Waals surface area contributed by atoms with Crippen LogP contribution < -0.4 is 10.6 Å². The van der Waals surface area contributed by atoms with E-state index in [-0.39, 0.29) is 30.2 Å². The van der Waals surface area contributed by atoms with Gasteiger partial charge in [0.05, 0.1) is 11.2 Å². The lowest BCUT2D eigenvalue weighted by atomic mass is 9.95. The monoisotopic (exact) mass is 427 g/mol. The zero-order chi connectivity index (χ0) is 21.6. The van der Waals surface area contributed by atoms with Crippen molar-refractivity contribution in [2.75, 3.05) is 0 Å². The molecule has 0 radical (unpaired) electrons. The van der Waals surface area contributed by atoms with E-state index in [0.29, 0.717) is 0 Å². The minimum Gasteiger partial charge on any atom is -0.352 e. The van der Waals surface area contributed by atoms with E-state index < -0.39 is 37.9 Å². The number of fused-ring (bicyclic) bond motifs is 1. The Balaban J connectivity index is 1.74. The molecule has 2 aliphatic heterocycles. The smallest absolute Gasteiger partial charge is 0.245 e. The summed E-state index contributed by atoms with van der Waals surface area (Å²) < 4.78 is 24.1. The molecular formula is C20H33N3O5S. The lowest BCUT2D eigenvalue weighted by molar-refractivity contribution is -0.150. The zero-order valence-electron chi connectivity index (χ0n) is 17.7. The van der Waals surface area contributed by atoms with E-state index in [9.17, 15) is 22.8 Å². The standard InChI is InChI=1S/C20H33N3O5S/c1-12(2)16(18(25)21-13-9-7-5-6-8-10-13)22-19(26)17-20(3,4)29(27,28)15-11-14(24)23(15)17/h12-13,15-17H,5-11H2,1-4H3,(H,21,25)(H,22,26). The van der Waals surface area contributed by atoms with E-state index in [1.54, 1.807) is 0 Å². The van der Waals surface area contributed by atoms with Crippen molar-refractivity contribution < 1.29 is 22.8 Å². The minimum absolute atomic E-state index is 0.0781. The molecular weight excluding hydrogens is 394 g/mol. The first kappa shape index (κ1) is 22.1. The Morgan fingerprint density at radius 1 is 1.10 bits per heavy atom. The molecule has 3 aliphatic rings. The maximum absolute atomic E-state index is 13.1. The first-order valence-corrected chi connectivity index (χ1v) is 12.2. The van der Waals surface area contributed by atoms with Gasteiger partial charge < -0.3 is 15.5 Å². The topological polar surface area (TPSA) is 113 Å². The average Bonchev–Trinajstić information content (AvgIpc) is 2.82. The molecule has 3 amide bonds. The molecule has 3 atom stereocenters. The molecule has 2 heterocycles. The largest absolute Gasteiger partial charge is 0.352 e. The Morgan fingerprint density at radius 3 is 2.21 bits per heavy atom. The van der Waals surface area contributed by atoms with E-state index in [1.807, 2.05) is 13.8 Å². The number of carbonyl (C=O) groups excluding carboxylic acids is 3. The highest BCUT2D eigenvalue weighted by Gasteiger charge is 2.67. The quantitative estimate of drug-likeness (QED) is 0.504. The summed E-state index contributed by atoms with van der Waals surface area (Å²) in [6.45, 7) is 6.64. The van der Waals surface area contributed by atoms with Gasteiger partial charge in [-0.3, -0.25) is 14.4 Å². The fraction of sp³-hybridized carbons (Fsp3) is 0.850. The number of carbonyl (C=O) groups is 3. The van der Waals surface area contributed by atoms with Gasteiger partial charge in [0.25, 0.3) is 0 Å². The highest BCUT2D eigenvalue weighted by atomic mass is 32.2. The maximum atomic E-state index is 13.1. The van der Waals surface area contributed by atoms with Crippen LogP contribution in [0.25, 0.3) is 0 Å². The van der Waals surface area contributed by atoms with E-state index >= 15 is 0 Å². The van der Waals surface area contributed by atoms with Crippen LogP contribution >= 0.6 is 0 Å². The molecule has 3 rings (SSSR count). The molecule has 2 N–H and O–H groups in total. The Kier molecular flexibility index (Phi) is 6.00. The number of nitrogens with zero attached hydrogens (tertiary/aromatic N) is 1. The summed E-state index contributed by atoms with van der Waals surface area (Å²) in [5, 5.41) is 4.88. The Hall–Kier alpha value is -1.64. The minimum atomic E-state index is -3.65. The summed E-state index contributed by atoms with van der Waals surface area (Å²) >= 11 is 0. The number of amides is 3. The fourth-order valence-corrected chi connectivity index (χ4v) is 6.87. The van der Waals surface area contributed by atoms with Crippen molar-refractivity contribution >= 4 is 27.6 Å². The van der Waals surface area contributed by atoms with Gasteiger partial charge in [-0.2, -0.15) is 0 Å². The van der Waals surface area contributed by atoms with E-state index in [4.69, 9.17) is 0 Å². The van der Waals surface area contributed by atoms with Crippen molar-refractivity contribution in [3.8, 4) is 0 Å². The van der Waals surface area contributed by atoms with Crippen LogP contribution in [0.1, 0.15) is 72.6 Å². The molecule has 2 saturated heterocycles. The molecule has 3 fully saturated rings. The first-order chi connectivity index (χ1) is 13.5. The first-order valence-electron chi connectivity index (χ1n) is 10.6. The Morgan fingerprint density at radius 2 is 1.69 bits per heavy atom. The van der Waals surface area contributed by atoms with Crippen LogP contribution in [0.5, 0.6) is 0 Å². The van der Waals surface area contributed by atoms with E-state index in [1.165, 1.54) is 31.6 Å². The SMILES string of the molecule is CC(C)C(NC(=O)C1N2C(=O)CC2S(=O)(=O)C1(C)C)C(=O)NC1CCCCCC1.